The molecule has 1 fully saturated rings. The largest absolute Gasteiger partial charge is 0.295 e. The van der Waals surface area contributed by atoms with Crippen LogP contribution in [0.3, 0.4) is 0 Å². The highest BCUT2D eigenvalue weighted by molar-refractivity contribution is 7.15. The lowest BCUT2D eigenvalue weighted by molar-refractivity contribution is -0.135. The number of aryl methyl sites for hydroxylation is 4. The number of unbranched alkanes of at least 4 members (excludes halogenated alkanes) is 2. The Labute approximate surface area is 319 Å². The van der Waals surface area contributed by atoms with Crippen LogP contribution in [0.2, 0.25) is 5.02 Å². The summed E-state index contributed by atoms with van der Waals surface area (Å²) >= 11 is 7.82. The molecule has 272 valence electrons. The van der Waals surface area contributed by atoms with E-state index in [1.165, 1.54) is 4.57 Å². The van der Waals surface area contributed by atoms with Gasteiger partial charge >= 0.3 is 0 Å². The van der Waals surface area contributed by atoms with Crippen LogP contribution in [0, 0.1) is 32.6 Å². The predicted octanol–water partition coefficient (Wildman–Crippen LogP) is 5.96. The van der Waals surface area contributed by atoms with Gasteiger partial charge in [0.05, 0.1) is 33.3 Å². The Morgan fingerprint density at radius 2 is 1.81 bits per heavy atom. The lowest BCUT2D eigenvalue weighted by Crippen LogP contribution is -2.45. The van der Waals surface area contributed by atoms with E-state index in [0.29, 0.717) is 34.7 Å². The van der Waals surface area contributed by atoms with Crippen LogP contribution in [0.1, 0.15) is 88.3 Å². The Morgan fingerprint density at radius 3 is 2.63 bits per heavy atom. The summed E-state index contributed by atoms with van der Waals surface area (Å²) in [6, 6.07) is 12.7. The summed E-state index contributed by atoms with van der Waals surface area (Å²) in [7, 11) is 0. The first kappa shape index (κ1) is 35.3. The van der Waals surface area contributed by atoms with E-state index in [4.69, 9.17) is 16.6 Å². The first-order chi connectivity index (χ1) is 26.2. The number of aliphatic imine (C=N–C) groups is 1. The molecule has 14 heteroatoms. The van der Waals surface area contributed by atoms with Crippen LogP contribution >= 0.6 is 22.9 Å². The van der Waals surface area contributed by atoms with Crippen molar-refractivity contribution >= 4 is 51.4 Å². The molecule has 4 aromatic heterocycles. The monoisotopic (exact) mass is 757 g/mol. The Balaban J connectivity index is 0.942. The molecule has 2 aromatic carbocycles. The molecule has 0 aliphatic carbocycles. The fourth-order valence-electron chi connectivity index (χ4n) is 7.27. The number of thiophene rings is 1. The van der Waals surface area contributed by atoms with Gasteiger partial charge in [0.15, 0.2) is 5.82 Å². The van der Waals surface area contributed by atoms with E-state index in [1.54, 1.807) is 24.5 Å². The zero-order chi connectivity index (χ0) is 37.5. The van der Waals surface area contributed by atoms with Crippen molar-refractivity contribution < 1.29 is 9.59 Å². The highest BCUT2D eigenvalue weighted by Crippen LogP contribution is 2.36. The van der Waals surface area contributed by atoms with Crippen LogP contribution in [0.25, 0.3) is 15.9 Å². The molecular formula is C40H36ClN9O3S. The van der Waals surface area contributed by atoms with Gasteiger partial charge in [-0.05, 0) is 75.8 Å². The number of fused-ring (bicyclic) bond motifs is 4. The van der Waals surface area contributed by atoms with Gasteiger partial charge in [0, 0.05) is 35.3 Å². The number of piperidine rings is 1. The molecule has 12 nitrogen and oxygen atoms in total. The number of hydrogen-bond donors (Lipinski definition) is 1. The van der Waals surface area contributed by atoms with Gasteiger partial charge < -0.3 is 0 Å². The maximum atomic E-state index is 13.8. The lowest BCUT2D eigenvalue weighted by Gasteiger charge is -2.24. The van der Waals surface area contributed by atoms with Gasteiger partial charge in [-0.3, -0.25) is 38.5 Å². The third kappa shape index (κ3) is 6.67. The highest BCUT2D eigenvalue weighted by atomic mass is 35.5. The molecule has 8 rings (SSSR count). The number of aromatic nitrogens is 7. The van der Waals surface area contributed by atoms with Gasteiger partial charge in [-0.2, -0.15) is 5.10 Å². The lowest BCUT2D eigenvalue weighted by atomic mass is 10.00. The van der Waals surface area contributed by atoms with Crippen molar-refractivity contribution in [2.45, 2.75) is 78.4 Å². The van der Waals surface area contributed by atoms with Crippen molar-refractivity contribution in [3.63, 3.8) is 0 Å². The molecule has 0 bridgehead atoms. The summed E-state index contributed by atoms with van der Waals surface area (Å²) in [5, 5.41) is 17.9. The molecule has 1 atom stereocenters. The summed E-state index contributed by atoms with van der Waals surface area (Å²) in [5.41, 5.74) is 6.06. The topological polar surface area (TPSA) is 142 Å². The van der Waals surface area contributed by atoms with Crippen LogP contribution in [-0.4, -0.2) is 51.6 Å². The standard InChI is InChI=1S/C40H36ClN9O3S/c1-23-32(54-40-35(23)37(28-12-14-29(41)15-13-28)42-21-33-47-46-25(3)50(33)40)17-11-26-20-43-48(22-26)19-6-4-5-8-27-9-7-10-30-36(27)39(53)49(24(2)44-30)31-16-18-34(51)45-38(31)52/h7,9-10,12-15,20,22,31H,4-6,8,16,18-19,21H2,1-3H3,(H,45,51,52). The van der Waals surface area contributed by atoms with Gasteiger partial charge in [-0.15, -0.1) is 21.5 Å². The van der Waals surface area contributed by atoms with Crippen LogP contribution in [-0.2, 0) is 29.1 Å². The summed E-state index contributed by atoms with van der Waals surface area (Å²) < 4.78 is 5.45. The van der Waals surface area contributed by atoms with Crippen molar-refractivity contribution in [2.24, 2.45) is 4.99 Å². The Bertz CT molecular complexity index is 2620. The average Bonchev–Trinajstić information content (AvgIpc) is 3.82. The van der Waals surface area contributed by atoms with Crippen molar-refractivity contribution in [3.8, 4) is 16.8 Å². The second-order valence-electron chi connectivity index (χ2n) is 13.6. The quantitative estimate of drug-likeness (QED) is 0.115. The minimum atomic E-state index is -0.747. The molecule has 6 heterocycles. The molecule has 1 saturated heterocycles. The molecule has 2 amide bonds. The molecule has 0 saturated carbocycles. The zero-order valence-electron chi connectivity index (χ0n) is 30.0. The van der Waals surface area contributed by atoms with E-state index in [1.807, 2.05) is 60.3 Å². The Kier molecular flexibility index (Phi) is 9.56. The summed E-state index contributed by atoms with van der Waals surface area (Å²) in [4.78, 5) is 48.7. The molecule has 2 aliphatic rings. The van der Waals surface area contributed by atoms with E-state index in [9.17, 15) is 14.4 Å². The van der Waals surface area contributed by atoms with Gasteiger partial charge in [-0.25, -0.2) is 4.98 Å². The summed E-state index contributed by atoms with van der Waals surface area (Å²) in [6.45, 7) is 6.93. The Hall–Kier alpha value is -5.71. The average molecular weight is 758 g/mol. The number of nitrogens with one attached hydrogen (secondary N) is 1. The third-order valence-corrected chi connectivity index (χ3v) is 11.4. The van der Waals surface area contributed by atoms with E-state index >= 15 is 0 Å². The number of carbonyl (C=O) groups is 2. The molecule has 0 radical (unpaired) electrons. The van der Waals surface area contributed by atoms with Gasteiger partial charge in [0.2, 0.25) is 11.8 Å². The van der Waals surface area contributed by atoms with Crippen LogP contribution in [0.15, 0.2) is 64.6 Å². The molecular weight excluding hydrogens is 722 g/mol. The minimum absolute atomic E-state index is 0.191. The molecule has 1 N–H and O–H groups in total. The fourth-order valence-corrected chi connectivity index (χ4v) is 8.63. The normalized spacial score (nSPS) is 15.3. The van der Waals surface area contributed by atoms with Crippen molar-refractivity contribution in [1.82, 2.24) is 39.4 Å². The van der Waals surface area contributed by atoms with E-state index < -0.39 is 11.9 Å². The first-order valence-electron chi connectivity index (χ1n) is 17.9. The maximum Gasteiger partial charge on any atom is 0.262 e. The molecule has 54 heavy (non-hydrogen) atoms. The number of amides is 2. The number of halogens is 1. The fraction of sp³-hybridized carbons (Fsp3) is 0.300. The number of imide groups is 1. The zero-order valence-corrected chi connectivity index (χ0v) is 31.6. The number of carbonyl (C=O) groups excluding carboxylic acids is 2. The van der Waals surface area contributed by atoms with Crippen LogP contribution in [0.4, 0.5) is 0 Å². The van der Waals surface area contributed by atoms with Crippen molar-refractivity contribution in [2.75, 3.05) is 0 Å². The molecule has 0 spiro atoms. The molecule has 2 aliphatic heterocycles. The van der Waals surface area contributed by atoms with Crippen LogP contribution in [0.5, 0.6) is 0 Å². The second kappa shape index (κ2) is 14.6. The van der Waals surface area contributed by atoms with Crippen LogP contribution < -0.4 is 10.9 Å². The second-order valence-corrected chi connectivity index (χ2v) is 15.0. The molecule has 6 aromatic rings. The Morgan fingerprint density at radius 1 is 0.981 bits per heavy atom. The maximum absolute atomic E-state index is 13.8. The molecule has 1 unspecified atom stereocenters. The van der Waals surface area contributed by atoms with Gasteiger partial charge in [0.1, 0.15) is 29.2 Å². The first-order valence-corrected chi connectivity index (χ1v) is 19.1. The highest BCUT2D eigenvalue weighted by Gasteiger charge is 2.31. The SMILES string of the molecule is Cc1c(C#Cc2cnn(CCCCCc3cccc4nc(C)n(C5CCC(=O)NC5=O)c(=O)c34)c2)sc2c1C(c1ccc(Cl)cc1)=NCc1nnc(C)n1-2. The summed E-state index contributed by atoms with van der Waals surface area (Å²) in [5.74, 6) is 8.00. The van der Waals surface area contributed by atoms with E-state index in [2.05, 4.69) is 48.9 Å². The summed E-state index contributed by atoms with van der Waals surface area (Å²) in [6.07, 6.45) is 7.64. The van der Waals surface area contributed by atoms with E-state index in [0.717, 1.165) is 80.9 Å². The number of hydrogen-bond acceptors (Lipinski definition) is 9. The van der Waals surface area contributed by atoms with Crippen molar-refractivity contribution in [1.29, 1.82) is 0 Å². The van der Waals surface area contributed by atoms with Gasteiger partial charge in [-0.1, -0.05) is 54.1 Å². The third-order valence-electron chi connectivity index (χ3n) is 9.96. The number of nitrogens with zero attached hydrogens (tertiary/aromatic N) is 8. The number of benzene rings is 2. The van der Waals surface area contributed by atoms with Gasteiger partial charge in [0.25, 0.3) is 5.56 Å². The van der Waals surface area contributed by atoms with Crippen molar-refractivity contribution in [3.05, 3.63) is 120 Å². The minimum Gasteiger partial charge on any atom is -0.295 e. The predicted molar refractivity (Wildman–Crippen MR) is 207 cm³/mol. The van der Waals surface area contributed by atoms with E-state index in [-0.39, 0.29) is 24.3 Å². The number of rotatable bonds is 8. The smallest absolute Gasteiger partial charge is 0.262 e.